The van der Waals surface area contributed by atoms with Gasteiger partial charge in [-0.15, -0.1) is 0 Å². The molecule has 0 spiro atoms. The fourth-order valence-corrected chi connectivity index (χ4v) is 2.77. The van der Waals surface area contributed by atoms with Crippen molar-refractivity contribution in [1.82, 2.24) is 10.6 Å². The largest absolute Gasteiger partial charge is 0.317 e. The Hall–Kier alpha value is -0.380. The summed E-state index contributed by atoms with van der Waals surface area (Å²) in [6.45, 7) is 4.50. The van der Waals surface area contributed by atoms with Crippen LogP contribution in [0.15, 0.2) is 28.7 Å². The summed E-state index contributed by atoms with van der Waals surface area (Å²) in [5.74, 6) is 0.919. The molecule has 0 unspecified atom stereocenters. The maximum atomic E-state index is 3.58. The van der Waals surface area contributed by atoms with Gasteiger partial charge < -0.3 is 10.6 Å². The lowest BCUT2D eigenvalue weighted by Gasteiger charge is -2.22. The van der Waals surface area contributed by atoms with Gasteiger partial charge in [-0.2, -0.15) is 0 Å². The topological polar surface area (TPSA) is 24.1 Å². The number of benzene rings is 1. The van der Waals surface area contributed by atoms with Crippen LogP contribution in [0.2, 0.25) is 0 Å². The van der Waals surface area contributed by atoms with Crippen LogP contribution in [-0.4, -0.2) is 19.6 Å². The second kappa shape index (κ2) is 7.14. The van der Waals surface area contributed by atoms with Crippen LogP contribution in [0.4, 0.5) is 0 Å². The first-order valence-electron chi connectivity index (χ1n) is 6.51. The molecule has 17 heavy (non-hydrogen) atoms. The Kier molecular flexibility index (Phi) is 5.49. The van der Waals surface area contributed by atoms with Crippen LogP contribution in [0.25, 0.3) is 0 Å². The van der Waals surface area contributed by atoms with Crippen molar-refractivity contribution in [2.24, 2.45) is 5.92 Å². The van der Waals surface area contributed by atoms with Gasteiger partial charge in [0.25, 0.3) is 0 Å². The van der Waals surface area contributed by atoms with Crippen molar-refractivity contribution >= 4 is 15.9 Å². The van der Waals surface area contributed by atoms with E-state index in [1.165, 1.54) is 42.4 Å². The van der Waals surface area contributed by atoms with Gasteiger partial charge in [-0.1, -0.05) is 34.1 Å². The molecular weight excluding hydrogens is 276 g/mol. The predicted molar refractivity (Wildman–Crippen MR) is 76.1 cm³/mol. The quantitative estimate of drug-likeness (QED) is 0.817. The third kappa shape index (κ3) is 4.41. The smallest absolute Gasteiger partial charge is 0.0220 e. The molecule has 0 bridgehead atoms. The summed E-state index contributed by atoms with van der Waals surface area (Å²) in [7, 11) is 0. The summed E-state index contributed by atoms with van der Waals surface area (Å²) in [6, 6.07) is 8.42. The Morgan fingerprint density at radius 2 is 2.00 bits per heavy atom. The summed E-state index contributed by atoms with van der Waals surface area (Å²) in [4.78, 5) is 0. The van der Waals surface area contributed by atoms with E-state index in [9.17, 15) is 0 Å². The van der Waals surface area contributed by atoms with Gasteiger partial charge >= 0.3 is 0 Å². The van der Waals surface area contributed by atoms with Gasteiger partial charge in [0.1, 0.15) is 0 Å². The Labute approximate surface area is 112 Å². The first-order chi connectivity index (χ1) is 8.36. The molecule has 0 atom stereocenters. The van der Waals surface area contributed by atoms with Crippen LogP contribution in [0, 0.1) is 5.92 Å². The number of hydrogen-bond donors (Lipinski definition) is 2. The van der Waals surface area contributed by atoms with E-state index in [0.29, 0.717) is 0 Å². The lowest BCUT2D eigenvalue weighted by atomic mass is 9.95. The van der Waals surface area contributed by atoms with E-state index in [1.807, 2.05) is 0 Å². The van der Waals surface area contributed by atoms with Gasteiger partial charge in [-0.05, 0) is 56.4 Å². The monoisotopic (exact) mass is 296 g/mol. The van der Waals surface area contributed by atoms with Gasteiger partial charge in [0.05, 0.1) is 0 Å². The van der Waals surface area contributed by atoms with Crippen LogP contribution in [0.1, 0.15) is 24.8 Å². The first kappa shape index (κ1) is 13.1. The first-order valence-corrected chi connectivity index (χ1v) is 7.30. The van der Waals surface area contributed by atoms with Crippen molar-refractivity contribution < 1.29 is 0 Å². The molecule has 0 amide bonds. The zero-order valence-electron chi connectivity index (χ0n) is 10.2. The molecule has 3 heteroatoms. The number of nitrogens with one attached hydrogen (secondary N) is 2. The van der Waals surface area contributed by atoms with Crippen molar-refractivity contribution in [2.45, 2.75) is 25.8 Å². The average Bonchev–Trinajstić information content (AvgIpc) is 2.38. The minimum absolute atomic E-state index is 0.919. The SMILES string of the molecule is Brc1ccccc1CNCCC1CCNCC1. The molecule has 2 nitrogen and oxygen atoms in total. The van der Waals surface area contributed by atoms with E-state index in [4.69, 9.17) is 0 Å². The molecule has 1 aliphatic rings. The van der Waals surface area contributed by atoms with Crippen molar-refractivity contribution in [3.63, 3.8) is 0 Å². The van der Waals surface area contributed by atoms with Crippen LogP contribution in [0.5, 0.6) is 0 Å². The molecule has 1 aliphatic heterocycles. The maximum absolute atomic E-state index is 3.58. The second-order valence-electron chi connectivity index (χ2n) is 4.75. The average molecular weight is 297 g/mol. The zero-order chi connectivity index (χ0) is 11.9. The van der Waals surface area contributed by atoms with Gasteiger partial charge in [0.2, 0.25) is 0 Å². The summed E-state index contributed by atoms with van der Waals surface area (Å²) < 4.78 is 1.20. The summed E-state index contributed by atoms with van der Waals surface area (Å²) >= 11 is 3.58. The lowest BCUT2D eigenvalue weighted by molar-refractivity contribution is 0.348. The van der Waals surface area contributed by atoms with Crippen LogP contribution in [-0.2, 0) is 6.54 Å². The molecule has 1 aromatic rings. The maximum Gasteiger partial charge on any atom is 0.0220 e. The lowest BCUT2D eigenvalue weighted by Crippen LogP contribution is -2.29. The minimum atomic E-state index is 0.919. The van der Waals surface area contributed by atoms with E-state index >= 15 is 0 Å². The highest BCUT2D eigenvalue weighted by Crippen LogP contribution is 2.17. The molecule has 94 valence electrons. The highest BCUT2D eigenvalue weighted by atomic mass is 79.9. The summed E-state index contributed by atoms with van der Waals surface area (Å²) in [6.07, 6.45) is 4.00. The molecule has 2 N–H and O–H groups in total. The second-order valence-corrected chi connectivity index (χ2v) is 5.60. The molecule has 0 aromatic heterocycles. The number of piperidine rings is 1. The molecule has 1 fully saturated rings. The predicted octanol–water partition coefficient (Wildman–Crippen LogP) is 2.93. The van der Waals surface area contributed by atoms with Crippen LogP contribution >= 0.6 is 15.9 Å². The Balaban J connectivity index is 1.64. The summed E-state index contributed by atoms with van der Waals surface area (Å²) in [5, 5.41) is 6.95. The number of hydrogen-bond acceptors (Lipinski definition) is 2. The zero-order valence-corrected chi connectivity index (χ0v) is 11.8. The standard InChI is InChI=1S/C14H21BrN2/c15-14-4-2-1-3-13(14)11-17-10-7-12-5-8-16-9-6-12/h1-4,12,16-17H,5-11H2. The van der Waals surface area contributed by atoms with E-state index in [-0.39, 0.29) is 0 Å². The van der Waals surface area contributed by atoms with E-state index in [0.717, 1.165) is 19.0 Å². The molecule has 1 saturated heterocycles. The Bertz CT molecular complexity index is 335. The van der Waals surface area contributed by atoms with Gasteiger partial charge in [0.15, 0.2) is 0 Å². The number of halogens is 1. The van der Waals surface area contributed by atoms with E-state index in [2.05, 4.69) is 50.8 Å². The molecule has 0 aliphatic carbocycles. The highest BCUT2D eigenvalue weighted by Gasteiger charge is 2.11. The Morgan fingerprint density at radius 3 is 2.76 bits per heavy atom. The minimum Gasteiger partial charge on any atom is -0.317 e. The fraction of sp³-hybridized carbons (Fsp3) is 0.571. The molecule has 2 rings (SSSR count). The summed E-state index contributed by atoms with van der Waals surface area (Å²) in [5.41, 5.74) is 1.35. The highest BCUT2D eigenvalue weighted by molar-refractivity contribution is 9.10. The van der Waals surface area contributed by atoms with Crippen LogP contribution < -0.4 is 10.6 Å². The third-order valence-electron chi connectivity index (χ3n) is 3.46. The fourth-order valence-electron chi connectivity index (χ4n) is 2.34. The molecular formula is C14H21BrN2. The van der Waals surface area contributed by atoms with Gasteiger partial charge in [-0.25, -0.2) is 0 Å². The molecule has 1 heterocycles. The normalized spacial score (nSPS) is 17.2. The van der Waals surface area contributed by atoms with Gasteiger partial charge in [-0.3, -0.25) is 0 Å². The third-order valence-corrected chi connectivity index (χ3v) is 4.23. The van der Waals surface area contributed by atoms with Crippen molar-refractivity contribution in [1.29, 1.82) is 0 Å². The number of rotatable bonds is 5. The molecule has 0 saturated carbocycles. The molecule has 1 aromatic carbocycles. The Morgan fingerprint density at radius 1 is 1.24 bits per heavy atom. The molecule has 0 radical (unpaired) electrons. The van der Waals surface area contributed by atoms with Crippen molar-refractivity contribution in [3.05, 3.63) is 34.3 Å². The van der Waals surface area contributed by atoms with Crippen LogP contribution in [0.3, 0.4) is 0 Å². The van der Waals surface area contributed by atoms with Gasteiger partial charge in [0, 0.05) is 11.0 Å². The van der Waals surface area contributed by atoms with Crippen molar-refractivity contribution in [2.75, 3.05) is 19.6 Å². The van der Waals surface area contributed by atoms with E-state index < -0.39 is 0 Å². The van der Waals surface area contributed by atoms with E-state index in [1.54, 1.807) is 0 Å². The van der Waals surface area contributed by atoms with Crippen molar-refractivity contribution in [3.8, 4) is 0 Å².